The van der Waals surface area contributed by atoms with Crippen molar-refractivity contribution in [3.63, 3.8) is 0 Å². The highest BCUT2D eigenvalue weighted by molar-refractivity contribution is 8.42. The highest BCUT2D eigenvalue weighted by atomic mass is 32.3. The van der Waals surface area contributed by atoms with E-state index in [-0.39, 0.29) is 26.7 Å². The van der Waals surface area contributed by atoms with Crippen LogP contribution in [0.25, 0.3) is 11.8 Å². The lowest BCUT2D eigenvalue weighted by molar-refractivity contribution is -0.114. The van der Waals surface area contributed by atoms with Crippen LogP contribution < -0.4 is 4.74 Å². The number of thioether (sulfide) groups is 1. The molecule has 2 aliphatic heterocycles. The van der Waals surface area contributed by atoms with Gasteiger partial charge in [0.1, 0.15) is 5.75 Å². The maximum absolute atomic E-state index is 12.7. The Bertz CT molecular complexity index is 1370. The van der Waals surface area contributed by atoms with Crippen molar-refractivity contribution in [2.45, 2.75) is 27.7 Å². The van der Waals surface area contributed by atoms with Crippen LogP contribution in [-0.4, -0.2) is 51.6 Å². The molecule has 3 heterocycles. The van der Waals surface area contributed by atoms with Gasteiger partial charge >= 0.3 is 0 Å². The summed E-state index contributed by atoms with van der Waals surface area (Å²) in [5.74, 6) is -0.203. The molecule has 11 heteroatoms. The number of hydrogen-bond acceptors (Lipinski definition) is 7. The summed E-state index contributed by atoms with van der Waals surface area (Å²) in [6.45, 7) is 7.84. The summed E-state index contributed by atoms with van der Waals surface area (Å²) in [5, 5.41) is 13.7. The summed E-state index contributed by atoms with van der Waals surface area (Å²) >= 11 is 0.786. The predicted molar refractivity (Wildman–Crippen MR) is 131 cm³/mol. The van der Waals surface area contributed by atoms with Gasteiger partial charge in [0.15, 0.2) is 5.84 Å². The minimum Gasteiger partial charge on any atom is -0.492 e. The average Bonchev–Trinajstić information content (AvgIpc) is 3.33. The van der Waals surface area contributed by atoms with E-state index in [1.165, 1.54) is 6.92 Å². The summed E-state index contributed by atoms with van der Waals surface area (Å²) in [6.07, 6.45) is 1.60. The number of nitrogens with one attached hydrogen (secondary N) is 1. The molecule has 0 aliphatic carbocycles. The molecule has 0 atom stereocenters. The molecule has 172 valence electrons. The quantitative estimate of drug-likeness (QED) is 0.648. The number of sulfone groups is 1. The van der Waals surface area contributed by atoms with Crippen LogP contribution >= 0.6 is 11.8 Å². The van der Waals surface area contributed by atoms with E-state index in [1.54, 1.807) is 6.08 Å². The van der Waals surface area contributed by atoms with Gasteiger partial charge in [0.2, 0.25) is 19.4 Å². The number of aliphatic imine (C=N–C) groups is 1. The molecule has 2 aromatic rings. The number of fused-ring (bicyclic) bond motifs is 1. The predicted octanol–water partition coefficient (Wildman–Crippen LogP) is 3.50. The third-order valence-electron chi connectivity index (χ3n) is 5.26. The van der Waals surface area contributed by atoms with Crippen LogP contribution in [0.15, 0.2) is 46.0 Å². The van der Waals surface area contributed by atoms with Gasteiger partial charge in [-0.15, -0.1) is 5.10 Å². The van der Waals surface area contributed by atoms with Gasteiger partial charge in [0.05, 0.1) is 23.6 Å². The van der Waals surface area contributed by atoms with Crippen molar-refractivity contribution in [3.05, 3.63) is 52.9 Å². The Labute approximate surface area is 196 Å². The first kappa shape index (κ1) is 23.0. The molecule has 1 aromatic carbocycles. The lowest BCUT2D eigenvalue weighted by Crippen LogP contribution is -2.35. The summed E-state index contributed by atoms with van der Waals surface area (Å²) < 4.78 is 32.0. The van der Waals surface area contributed by atoms with E-state index in [0.29, 0.717) is 6.61 Å². The summed E-state index contributed by atoms with van der Waals surface area (Å²) in [4.78, 5) is 16.7. The number of amides is 1. The Morgan fingerprint density at radius 3 is 2.64 bits per heavy atom. The number of para-hydroxylation sites is 2. The fraction of sp³-hybridized carbons (Fsp3) is 0.273. The molecule has 0 saturated carbocycles. The van der Waals surface area contributed by atoms with Crippen molar-refractivity contribution in [1.82, 2.24) is 9.58 Å². The third-order valence-corrected chi connectivity index (χ3v) is 8.35. The second-order valence-corrected chi connectivity index (χ2v) is 10.8. The van der Waals surface area contributed by atoms with E-state index < -0.39 is 15.7 Å². The number of carbonyl (C=O) groups excluding carboxylic acids is 1. The van der Waals surface area contributed by atoms with Crippen molar-refractivity contribution in [1.29, 1.82) is 5.41 Å². The lowest BCUT2D eigenvalue weighted by Gasteiger charge is -2.20. The lowest BCUT2D eigenvalue weighted by atomic mass is 10.1. The van der Waals surface area contributed by atoms with Crippen molar-refractivity contribution in [2.75, 3.05) is 12.4 Å². The molecule has 1 aromatic heterocycles. The Hall–Kier alpha value is -3.18. The minimum atomic E-state index is -3.57. The fourth-order valence-corrected chi connectivity index (χ4v) is 5.77. The van der Waals surface area contributed by atoms with E-state index >= 15 is 0 Å². The number of rotatable bonds is 5. The Morgan fingerprint density at radius 2 is 1.94 bits per heavy atom. The molecule has 33 heavy (non-hydrogen) atoms. The van der Waals surface area contributed by atoms with Crippen LogP contribution in [0.5, 0.6) is 5.75 Å². The molecule has 0 bridgehead atoms. The number of aromatic nitrogens is 1. The molecular weight excluding hydrogens is 462 g/mol. The van der Waals surface area contributed by atoms with E-state index in [0.717, 1.165) is 45.2 Å². The van der Waals surface area contributed by atoms with Crippen molar-refractivity contribution < 1.29 is 17.9 Å². The van der Waals surface area contributed by atoms with E-state index in [9.17, 15) is 13.2 Å². The van der Waals surface area contributed by atoms with Gasteiger partial charge in [-0.1, -0.05) is 19.1 Å². The van der Waals surface area contributed by atoms with E-state index in [1.807, 2.05) is 55.7 Å². The number of aryl methyl sites for hydroxylation is 1. The second kappa shape index (κ2) is 8.64. The van der Waals surface area contributed by atoms with Gasteiger partial charge in [0, 0.05) is 11.4 Å². The first-order valence-electron chi connectivity index (χ1n) is 10.3. The Kier molecular flexibility index (Phi) is 6.02. The first-order chi connectivity index (χ1) is 15.7. The molecule has 0 saturated heterocycles. The smallest absolute Gasteiger partial charge is 0.283 e. The molecular formula is C22H23N5O4S2. The molecule has 0 radical (unpaired) electrons. The highest BCUT2D eigenvalue weighted by Gasteiger charge is 2.39. The average molecular weight is 486 g/mol. The van der Waals surface area contributed by atoms with Crippen molar-refractivity contribution in [2.24, 2.45) is 10.1 Å². The summed E-state index contributed by atoms with van der Waals surface area (Å²) in [6, 6.07) is 9.61. The fourth-order valence-electron chi connectivity index (χ4n) is 3.60. The molecule has 9 nitrogen and oxygen atoms in total. The largest absolute Gasteiger partial charge is 0.492 e. The van der Waals surface area contributed by atoms with Gasteiger partial charge in [-0.25, -0.2) is 8.42 Å². The molecule has 0 fully saturated rings. The van der Waals surface area contributed by atoms with Crippen LogP contribution in [0.3, 0.4) is 0 Å². The third kappa shape index (κ3) is 4.02. The van der Waals surface area contributed by atoms with E-state index in [4.69, 9.17) is 10.1 Å². The number of ether oxygens (including phenoxy) is 1. The molecule has 0 spiro atoms. The van der Waals surface area contributed by atoms with Gasteiger partial charge < -0.3 is 9.30 Å². The van der Waals surface area contributed by atoms with Crippen LogP contribution in [0, 0.1) is 19.3 Å². The summed E-state index contributed by atoms with van der Waals surface area (Å²) in [5.41, 5.74) is 3.44. The maximum Gasteiger partial charge on any atom is 0.283 e. The van der Waals surface area contributed by atoms with Gasteiger partial charge in [-0.3, -0.25) is 10.2 Å². The number of benzene rings is 1. The van der Waals surface area contributed by atoms with Crippen LogP contribution in [0.4, 0.5) is 0 Å². The van der Waals surface area contributed by atoms with Gasteiger partial charge in [-0.05, 0) is 62.4 Å². The first-order valence-corrected chi connectivity index (χ1v) is 12.8. The topological polar surface area (TPSA) is 117 Å². The second-order valence-electron chi connectivity index (χ2n) is 7.35. The minimum absolute atomic E-state index is 0.0385. The molecule has 4 rings (SSSR count). The van der Waals surface area contributed by atoms with Crippen LogP contribution in [0.1, 0.15) is 30.8 Å². The highest BCUT2D eigenvalue weighted by Crippen LogP contribution is 2.32. The molecule has 1 amide bonds. The SMILES string of the molecule is CCOc1ccccc1-n1c(C)cc(/C=C2\C(=N)N3N=C(S(=O)(=O)CC)SC3=NC2=O)c1C. The van der Waals surface area contributed by atoms with Gasteiger partial charge in [-0.2, -0.15) is 10.0 Å². The number of hydrazone groups is 1. The summed E-state index contributed by atoms with van der Waals surface area (Å²) in [7, 11) is -3.57. The molecule has 1 N–H and O–H groups in total. The standard InChI is InChI=1S/C22H23N5O4S2/c1-5-31-18-10-8-7-9-17(18)26-13(3)11-15(14(26)4)12-16-19(23)27-21(24-20(16)28)32-22(25-27)33(29,30)6-2/h7-12,23H,5-6H2,1-4H3/b16-12+,23-19?. The Balaban J connectivity index is 1.75. The van der Waals surface area contributed by atoms with E-state index in [2.05, 4.69) is 10.1 Å². The molecule has 2 aliphatic rings. The molecule has 0 unspecified atom stereocenters. The van der Waals surface area contributed by atoms with Crippen LogP contribution in [-0.2, 0) is 14.6 Å². The zero-order valence-electron chi connectivity index (χ0n) is 18.6. The number of nitrogens with zero attached hydrogens (tertiary/aromatic N) is 4. The van der Waals surface area contributed by atoms with Crippen molar-refractivity contribution >= 4 is 49.0 Å². The zero-order chi connectivity index (χ0) is 23.9. The normalized spacial score (nSPS) is 17.3. The number of hydrogen-bond donors (Lipinski definition) is 1. The Morgan fingerprint density at radius 1 is 1.21 bits per heavy atom. The zero-order valence-corrected chi connectivity index (χ0v) is 20.2. The van der Waals surface area contributed by atoms with Crippen molar-refractivity contribution in [3.8, 4) is 11.4 Å². The monoisotopic (exact) mass is 485 g/mol. The maximum atomic E-state index is 12.7. The number of amidine groups is 2. The van der Waals surface area contributed by atoms with Crippen LogP contribution in [0.2, 0.25) is 0 Å². The van der Waals surface area contributed by atoms with Gasteiger partial charge in [0.25, 0.3) is 5.91 Å². The number of carbonyl (C=O) groups is 1.